The lowest BCUT2D eigenvalue weighted by molar-refractivity contribution is -0.136. The number of hydrogen-bond acceptors (Lipinski definition) is 4. The van der Waals surface area contributed by atoms with Gasteiger partial charge in [-0.05, 0) is 35.9 Å². The molecule has 0 aliphatic carbocycles. The van der Waals surface area contributed by atoms with E-state index < -0.39 is 23.7 Å². The smallest absolute Gasteiger partial charge is 0.264 e. The third-order valence-corrected chi connectivity index (χ3v) is 5.54. The van der Waals surface area contributed by atoms with E-state index in [0.717, 1.165) is 5.56 Å². The van der Waals surface area contributed by atoms with Crippen LogP contribution in [0.1, 0.15) is 27.9 Å². The molecular formula is C24H20ClNO4. The van der Waals surface area contributed by atoms with Gasteiger partial charge in [0.05, 0.1) is 31.3 Å². The molecule has 0 radical (unpaired) electrons. The number of amides is 1. The Hall–Kier alpha value is -3.15. The van der Waals surface area contributed by atoms with Crippen molar-refractivity contribution in [3.05, 3.63) is 94.5 Å². The number of rotatable bonds is 6. The molecule has 0 bridgehead atoms. The van der Waals surface area contributed by atoms with Crippen LogP contribution < -0.4 is 9.64 Å². The Morgan fingerprint density at radius 2 is 1.77 bits per heavy atom. The van der Waals surface area contributed by atoms with Crippen molar-refractivity contribution >= 4 is 29.0 Å². The number of ether oxygens (including phenoxy) is 1. The van der Waals surface area contributed by atoms with E-state index in [2.05, 4.69) is 0 Å². The maximum absolute atomic E-state index is 13.4. The largest absolute Gasteiger partial charge is 0.496 e. The Bertz CT molecular complexity index is 1120. The van der Waals surface area contributed by atoms with Gasteiger partial charge in [-0.3, -0.25) is 9.59 Å². The zero-order chi connectivity index (χ0) is 21.3. The zero-order valence-corrected chi connectivity index (χ0v) is 17.1. The highest BCUT2D eigenvalue weighted by Gasteiger charge is 2.51. The van der Waals surface area contributed by atoms with E-state index in [1.54, 1.807) is 42.5 Å². The van der Waals surface area contributed by atoms with E-state index in [-0.39, 0.29) is 6.54 Å². The summed E-state index contributed by atoms with van der Waals surface area (Å²) >= 11 is 6.16. The van der Waals surface area contributed by atoms with Gasteiger partial charge >= 0.3 is 0 Å². The van der Waals surface area contributed by atoms with Crippen molar-refractivity contribution in [2.75, 3.05) is 12.0 Å². The summed E-state index contributed by atoms with van der Waals surface area (Å²) < 4.78 is 5.26. The summed E-state index contributed by atoms with van der Waals surface area (Å²) in [6.45, 7) is 0.277. The minimum atomic E-state index is -2.01. The number of aliphatic hydroxyl groups is 1. The van der Waals surface area contributed by atoms with Gasteiger partial charge < -0.3 is 14.7 Å². The predicted molar refractivity (Wildman–Crippen MR) is 115 cm³/mol. The molecule has 1 atom stereocenters. The number of Topliss-reactive ketones (excluding diaryl/α,β-unsaturated/α-hetero) is 1. The second-order valence-corrected chi connectivity index (χ2v) is 7.64. The fourth-order valence-electron chi connectivity index (χ4n) is 3.82. The van der Waals surface area contributed by atoms with Crippen molar-refractivity contribution < 1.29 is 19.4 Å². The molecule has 1 N–H and O–H groups in total. The summed E-state index contributed by atoms with van der Waals surface area (Å²) in [4.78, 5) is 27.9. The lowest BCUT2D eigenvalue weighted by atomic mass is 9.88. The van der Waals surface area contributed by atoms with E-state index in [0.29, 0.717) is 27.6 Å². The first-order valence-electron chi connectivity index (χ1n) is 9.48. The quantitative estimate of drug-likeness (QED) is 0.601. The third kappa shape index (κ3) is 3.47. The molecule has 3 aromatic rings. The molecule has 30 heavy (non-hydrogen) atoms. The summed E-state index contributed by atoms with van der Waals surface area (Å²) in [5, 5.41) is 11.8. The average Bonchev–Trinajstić information content (AvgIpc) is 2.95. The van der Waals surface area contributed by atoms with Gasteiger partial charge in [-0.25, -0.2) is 0 Å². The van der Waals surface area contributed by atoms with Gasteiger partial charge in [-0.15, -0.1) is 0 Å². The Morgan fingerprint density at radius 1 is 1.07 bits per heavy atom. The topological polar surface area (TPSA) is 66.8 Å². The predicted octanol–water partition coefficient (Wildman–Crippen LogP) is 4.36. The van der Waals surface area contributed by atoms with Crippen LogP contribution in [0.25, 0.3) is 0 Å². The number of ketones is 1. The number of halogens is 1. The lowest BCUT2D eigenvalue weighted by Gasteiger charge is -2.23. The molecule has 0 spiro atoms. The van der Waals surface area contributed by atoms with E-state index >= 15 is 0 Å². The molecule has 0 fully saturated rings. The average molecular weight is 422 g/mol. The Kier molecular flexibility index (Phi) is 5.33. The summed E-state index contributed by atoms with van der Waals surface area (Å²) in [6, 6.07) is 21.1. The van der Waals surface area contributed by atoms with Crippen LogP contribution in [0.3, 0.4) is 0 Å². The minimum absolute atomic E-state index is 0.277. The molecule has 3 aromatic carbocycles. The van der Waals surface area contributed by atoms with Gasteiger partial charge in [0.2, 0.25) is 0 Å². The fraction of sp³-hybridized carbons (Fsp3) is 0.167. The molecule has 0 saturated carbocycles. The van der Waals surface area contributed by atoms with Crippen LogP contribution >= 0.6 is 11.6 Å². The van der Waals surface area contributed by atoms with Crippen LogP contribution in [0.2, 0.25) is 5.02 Å². The Morgan fingerprint density at radius 3 is 2.50 bits per heavy atom. The number of fused-ring (bicyclic) bond motifs is 1. The molecule has 5 nitrogen and oxygen atoms in total. The van der Waals surface area contributed by atoms with E-state index in [1.807, 2.05) is 30.3 Å². The molecular weight excluding hydrogens is 402 g/mol. The van der Waals surface area contributed by atoms with Crippen LogP contribution in [0.4, 0.5) is 5.69 Å². The Labute approximate surface area is 179 Å². The van der Waals surface area contributed by atoms with Gasteiger partial charge in [0.1, 0.15) is 5.75 Å². The standard InChI is InChI=1S/C24H20ClNO4/c1-30-22-10-6-5-9-18(22)21(27)14-24(29)19-13-17(25)11-12-20(19)26(23(24)28)15-16-7-3-2-4-8-16/h2-13,29H,14-15H2,1H3. The van der Waals surface area contributed by atoms with E-state index in [4.69, 9.17) is 16.3 Å². The van der Waals surface area contributed by atoms with Crippen LogP contribution in [0.15, 0.2) is 72.8 Å². The van der Waals surface area contributed by atoms with Crippen molar-refractivity contribution in [2.45, 2.75) is 18.6 Å². The summed E-state index contributed by atoms with van der Waals surface area (Å²) in [6.07, 6.45) is -0.412. The number of anilines is 1. The number of benzene rings is 3. The summed E-state index contributed by atoms with van der Waals surface area (Å²) in [7, 11) is 1.47. The second-order valence-electron chi connectivity index (χ2n) is 7.20. The lowest BCUT2D eigenvalue weighted by Crippen LogP contribution is -2.41. The molecule has 1 heterocycles. The number of hydrogen-bond donors (Lipinski definition) is 1. The monoisotopic (exact) mass is 421 g/mol. The zero-order valence-electron chi connectivity index (χ0n) is 16.3. The van der Waals surface area contributed by atoms with Crippen LogP contribution in [-0.2, 0) is 16.9 Å². The van der Waals surface area contributed by atoms with Crippen molar-refractivity contribution in [3.63, 3.8) is 0 Å². The van der Waals surface area contributed by atoms with Gasteiger partial charge in [0, 0.05) is 10.6 Å². The molecule has 1 amide bonds. The van der Waals surface area contributed by atoms with Gasteiger partial charge in [-0.1, -0.05) is 54.1 Å². The molecule has 0 saturated heterocycles. The van der Waals surface area contributed by atoms with Crippen molar-refractivity contribution in [1.29, 1.82) is 0 Å². The molecule has 1 aliphatic heterocycles. The third-order valence-electron chi connectivity index (χ3n) is 5.30. The summed E-state index contributed by atoms with van der Waals surface area (Å²) in [5.41, 5.74) is 0.0913. The number of carbonyl (C=O) groups excluding carboxylic acids is 2. The number of carbonyl (C=O) groups is 2. The molecule has 4 rings (SSSR count). The number of para-hydroxylation sites is 1. The van der Waals surface area contributed by atoms with E-state index in [9.17, 15) is 14.7 Å². The fourth-order valence-corrected chi connectivity index (χ4v) is 3.99. The first-order chi connectivity index (χ1) is 14.4. The maximum Gasteiger partial charge on any atom is 0.264 e. The number of methoxy groups -OCH3 is 1. The SMILES string of the molecule is COc1ccccc1C(=O)CC1(O)C(=O)N(Cc2ccccc2)c2ccc(Cl)cc21. The van der Waals surface area contributed by atoms with Crippen molar-refractivity contribution in [3.8, 4) is 5.75 Å². The highest BCUT2D eigenvalue weighted by Crippen LogP contribution is 2.45. The van der Waals surface area contributed by atoms with Gasteiger partial charge in [0.15, 0.2) is 11.4 Å². The highest BCUT2D eigenvalue weighted by molar-refractivity contribution is 6.31. The van der Waals surface area contributed by atoms with Crippen molar-refractivity contribution in [1.82, 2.24) is 0 Å². The molecule has 1 aliphatic rings. The van der Waals surface area contributed by atoms with Crippen LogP contribution in [0, 0.1) is 0 Å². The molecule has 152 valence electrons. The first-order valence-corrected chi connectivity index (χ1v) is 9.86. The maximum atomic E-state index is 13.4. The van der Waals surface area contributed by atoms with Gasteiger partial charge in [-0.2, -0.15) is 0 Å². The Balaban J connectivity index is 1.73. The highest BCUT2D eigenvalue weighted by atomic mass is 35.5. The minimum Gasteiger partial charge on any atom is -0.496 e. The normalized spacial score (nSPS) is 17.7. The van der Waals surface area contributed by atoms with Crippen molar-refractivity contribution in [2.24, 2.45) is 0 Å². The van der Waals surface area contributed by atoms with Crippen LogP contribution in [-0.4, -0.2) is 23.9 Å². The second kappa shape index (κ2) is 7.94. The molecule has 6 heteroatoms. The summed E-state index contributed by atoms with van der Waals surface area (Å²) in [5.74, 6) is -0.549. The molecule has 1 unspecified atom stereocenters. The van der Waals surface area contributed by atoms with E-state index in [1.165, 1.54) is 12.0 Å². The first kappa shape index (κ1) is 20.1. The van der Waals surface area contributed by atoms with Crippen LogP contribution in [0.5, 0.6) is 5.75 Å². The molecule has 0 aromatic heterocycles. The number of nitrogens with zero attached hydrogens (tertiary/aromatic N) is 1. The van der Waals surface area contributed by atoms with Gasteiger partial charge in [0.25, 0.3) is 5.91 Å².